The number of amides is 2. The molecule has 0 aromatic carbocycles. The minimum atomic E-state index is -0.480. The molecule has 4 fully saturated rings. The highest BCUT2D eigenvalue weighted by Crippen LogP contribution is 2.55. The number of carbonyl (C=O) groups excluding carboxylic acids is 1. The molecule has 0 heterocycles. The van der Waals surface area contributed by atoms with Crippen molar-refractivity contribution < 1.29 is 9.90 Å². The molecule has 0 aromatic rings. The van der Waals surface area contributed by atoms with Crippen LogP contribution in [0.4, 0.5) is 4.79 Å². The van der Waals surface area contributed by atoms with Gasteiger partial charge < -0.3 is 15.7 Å². The molecule has 0 spiro atoms. The van der Waals surface area contributed by atoms with Crippen molar-refractivity contribution in [3.05, 3.63) is 0 Å². The van der Waals surface area contributed by atoms with Crippen LogP contribution in [0, 0.1) is 17.8 Å². The molecule has 4 saturated carbocycles. The maximum Gasteiger partial charge on any atom is 0.315 e. The monoisotopic (exact) mass is 252 g/mol. The Morgan fingerprint density at radius 2 is 1.72 bits per heavy atom. The average molecular weight is 252 g/mol. The molecular formula is C14H24N2O2. The van der Waals surface area contributed by atoms with Crippen molar-refractivity contribution >= 4 is 6.03 Å². The first-order valence-electron chi connectivity index (χ1n) is 7.29. The number of carbonyl (C=O) groups is 1. The van der Waals surface area contributed by atoms with Gasteiger partial charge in [0.2, 0.25) is 0 Å². The van der Waals surface area contributed by atoms with Crippen LogP contribution in [-0.2, 0) is 0 Å². The van der Waals surface area contributed by atoms with Crippen LogP contribution in [-0.4, -0.2) is 29.3 Å². The van der Waals surface area contributed by atoms with Crippen molar-refractivity contribution in [1.82, 2.24) is 10.6 Å². The maximum absolute atomic E-state index is 11.9. The molecule has 1 atom stereocenters. The summed E-state index contributed by atoms with van der Waals surface area (Å²) in [5, 5.41) is 15.2. The van der Waals surface area contributed by atoms with Crippen LogP contribution in [0.25, 0.3) is 0 Å². The molecule has 4 aliphatic rings. The lowest BCUT2D eigenvalue weighted by Gasteiger charge is -2.56. The van der Waals surface area contributed by atoms with E-state index in [1.54, 1.807) is 6.92 Å². The second-order valence-corrected chi connectivity index (χ2v) is 6.88. The summed E-state index contributed by atoms with van der Waals surface area (Å²) in [6, 6.07) is -0.0992. The van der Waals surface area contributed by atoms with E-state index in [9.17, 15) is 9.90 Å². The van der Waals surface area contributed by atoms with E-state index in [2.05, 4.69) is 10.6 Å². The van der Waals surface area contributed by atoms with Gasteiger partial charge in [-0.25, -0.2) is 4.79 Å². The van der Waals surface area contributed by atoms with Gasteiger partial charge in [0.1, 0.15) is 0 Å². The van der Waals surface area contributed by atoms with E-state index in [-0.39, 0.29) is 11.6 Å². The Morgan fingerprint density at radius 1 is 1.22 bits per heavy atom. The smallest absolute Gasteiger partial charge is 0.315 e. The molecule has 2 amide bonds. The number of urea groups is 1. The molecule has 4 nitrogen and oxygen atoms in total. The van der Waals surface area contributed by atoms with E-state index in [1.807, 2.05) is 0 Å². The number of hydrogen-bond acceptors (Lipinski definition) is 2. The molecule has 0 radical (unpaired) electrons. The highest BCUT2D eigenvalue weighted by molar-refractivity contribution is 5.74. The van der Waals surface area contributed by atoms with E-state index in [1.165, 1.54) is 38.5 Å². The topological polar surface area (TPSA) is 61.4 Å². The fourth-order valence-electron chi connectivity index (χ4n) is 4.79. The van der Waals surface area contributed by atoms with Crippen LogP contribution in [0.2, 0.25) is 0 Å². The Hall–Kier alpha value is -0.770. The largest absolute Gasteiger partial charge is 0.392 e. The summed E-state index contributed by atoms with van der Waals surface area (Å²) in [7, 11) is 0. The van der Waals surface area contributed by atoms with E-state index in [0.29, 0.717) is 6.54 Å². The first kappa shape index (κ1) is 12.3. The zero-order valence-corrected chi connectivity index (χ0v) is 11.1. The minimum Gasteiger partial charge on any atom is -0.392 e. The second kappa shape index (κ2) is 4.41. The summed E-state index contributed by atoms with van der Waals surface area (Å²) >= 11 is 0. The van der Waals surface area contributed by atoms with Crippen LogP contribution in [0.15, 0.2) is 0 Å². The van der Waals surface area contributed by atoms with Gasteiger partial charge in [0.15, 0.2) is 0 Å². The van der Waals surface area contributed by atoms with Gasteiger partial charge in [-0.3, -0.25) is 0 Å². The van der Waals surface area contributed by atoms with Gasteiger partial charge in [0, 0.05) is 12.1 Å². The molecule has 4 bridgehead atoms. The third-order valence-electron chi connectivity index (χ3n) is 4.97. The van der Waals surface area contributed by atoms with Gasteiger partial charge in [0.05, 0.1) is 6.10 Å². The van der Waals surface area contributed by atoms with Gasteiger partial charge >= 0.3 is 6.03 Å². The molecule has 102 valence electrons. The lowest BCUT2D eigenvalue weighted by Crippen LogP contribution is -2.61. The van der Waals surface area contributed by atoms with Crippen molar-refractivity contribution in [3.8, 4) is 0 Å². The fourth-order valence-corrected chi connectivity index (χ4v) is 4.79. The van der Waals surface area contributed by atoms with Crippen molar-refractivity contribution in [1.29, 1.82) is 0 Å². The first-order valence-corrected chi connectivity index (χ1v) is 7.29. The lowest BCUT2D eigenvalue weighted by atomic mass is 9.53. The summed E-state index contributed by atoms with van der Waals surface area (Å²) in [4.78, 5) is 11.9. The van der Waals surface area contributed by atoms with E-state index >= 15 is 0 Å². The first-order chi connectivity index (χ1) is 8.55. The Balaban J connectivity index is 1.60. The van der Waals surface area contributed by atoms with Gasteiger partial charge in [0.25, 0.3) is 0 Å². The molecule has 0 aliphatic heterocycles. The SMILES string of the molecule is C[C@@H](O)CNC(=O)NC12CC3CC(CC(C3)C1)C2. The Morgan fingerprint density at radius 3 is 2.17 bits per heavy atom. The van der Waals surface area contributed by atoms with Gasteiger partial charge in [-0.05, 0) is 63.2 Å². The number of aliphatic hydroxyl groups excluding tert-OH is 1. The molecular weight excluding hydrogens is 228 g/mol. The minimum absolute atomic E-state index is 0.0670. The zero-order valence-electron chi connectivity index (χ0n) is 11.1. The van der Waals surface area contributed by atoms with E-state index < -0.39 is 6.10 Å². The number of aliphatic hydroxyl groups is 1. The van der Waals surface area contributed by atoms with Gasteiger partial charge in [-0.15, -0.1) is 0 Å². The summed E-state index contributed by atoms with van der Waals surface area (Å²) in [5.74, 6) is 2.52. The van der Waals surface area contributed by atoms with Gasteiger partial charge in [-0.1, -0.05) is 0 Å². The van der Waals surface area contributed by atoms with Crippen LogP contribution >= 0.6 is 0 Å². The van der Waals surface area contributed by atoms with E-state index in [0.717, 1.165) is 17.8 Å². The third kappa shape index (κ3) is 2.35. The van der Waals surface area contributed by atoms with E-state index in [4.69, 9.17) is 0 Å². The summed E-state index contributed by atoms with van der Waals surface area (Å²) < 4.78 is 0. The van der Waals surface area contributed by atoms with Crippen molar-refractivity contribution in [2.75, 3.05) is 6.54 Å². The average Bonchev–Trinajstić information content (AvgIpc) is 2.23. The highest BCUT2D eigenvalue weighted by Gasteiger charge is 2.51. The summed E-state index contributed by atoms with van der Waals surface area (Å²) in [5.41, 5.74) is 0.0670. The van der Waals surface area contributed by atoms with Crippen LogP contribution in [0.5, 0.6) is 0 Å². The molecule has 3 N–H and O–H groups in total. The number of rotatable bonds is 3. The van der Waals surface area contributed by atoms with Crippen molar-refractivity contribution in [3.63, 3.8) is 0 Å². The molecule has 4 rings (SSSR count). The fraction of sp³-hybridized carbons (Fsp3) is 0.929. The summed E-state index contributed by atoms with van der Waals surface area (Å²) in [6.07, 6.45) is 7.18. The standard InChI is InChI=1S/C14H24N2O2/c1-9(17)8-15-13(18)16-14-5-10-2-11(6-14)4-12(3-10)7-14/h9-12,17H,2-8H2,1H3,(H2,15,16,18)/t9-,10?,11?,12?,14?/m1/s1. The van der Waals surface area contributed by atoms with Crippen LogP contribution < -0.4 is 10.6 Å². The van der Waals surface area contributed by atoms with Crippen LogP contribution in [0.1, 0.15) is 45.4 Å². The predicted molar refractivity (Wildman–Crippen MR) is 69.1 cm³/mol. The zero-order chi connectivity index (χ0) is 12.8. The maximum atomic E-state index is 11.9. The van der Waals surface area contributed by atoms with Crippen LogP contribution in [0.3, 0.4) is 0 Å². The summed E-state index contributed by atoms with van der Waals surface area (Å²) in [6.45, 7) is 2.02. The number of hydrogen-bond donors (Lipinski definition) is 3. The molecule has 0 unspecified atom stereocenters. The quantitative estimate of drug-likeness (QED) is 0.715. The van der Waals surface area contributed by atoms with Crippen molar-refractivity contribution in [2.45, 2.75) is 57.1 Å². The molecule has 4 heteroatoms. The highest BCUT2D eigenvalue weighted by atomic mass is 16.3. The number of nitrogens with one attached hydrogen (secondary N) is 2. The second-order valence-electron chi connectivity index (χ2n) is 6.88. The van der Waals surface area contributed by atoms with Gasteiger partial charge in [-0.2, -0.15) is 0 Å². The molecule has 0 saturated heterocycles. The Labute approximate surface area is 109 Å². The Bertz CT molecular complexity index is 305. The van der Waals surface area contributed by atoms with Crippen molar-refractivity contribution in [2.24, 2.45) is 17.8 Å². The molecule has 18 heavy (non-hydrogen) atoms. The lowest BCUT2D eigenvalue weighted by molar-refractivity contribution is -0.0136. The molecule has 0 aromatic heterocycles. The predicted octanol–water partition coefficient (Wildman–Crippen LogP) is 1.64. The molecule has 4 aliphatic carbocycles. The Kier molecular flexibility index (Phi) is 3.00. The third-order valence-corrected chi connectivity index (χ3v) is 4.97. The normalized spacial score (nSPS) is 42.7.